The Morgan fingerprint density at radius 2 is 2.29 bits per heavy atom. The number of nitrogens with one attached hydrogen (secondary N) is 2. The van der Waals surface area contributed by atoms with Crippen molar-refractivity contribution in [3.63, 3.8) is 0 Å². The maximum Gasteiger partial charge on any atom is 0.272 e. The number of methoxy groups -OCH3 is 1. The van der Waals surface area contributed by atoms with Gasteiger partial charge in [0.25, 0.3) is 5.91 Å². The zero-order chi connectivity index (χ0) is 17.1. The lowest BCUT2D eigenvalue weighted by molar-refractivity contribution is 0.0816. The molecule has 2 aromatic rings. The first-order valence-electron chi connectivity index (χ1n) is 8.06. The molecule has 2 atom stereocenters. The molecule has 2 aromatic heterocycles. The summed E-state index contributed by atoms with van der Waals surface area (Å²) in [6.07, 6.45) is 2.26. The van der Waals surface area contributed by atoms with Crippen LogP contribution >= 0.6 is 0 Å². The van der Waals surface area contributed by atoms with Gasteiger partial charge in [-0.05, 0) is 24.5 Å². The van der Waals surface area contributed by atoms with Gasteiger partial charge in [0.1, 0.15) is 11.8 Å². The topological polar surface area (TPSA) is 89.1 Å². The Hall–Kier alpha value is -2.41. The second-order valence-corrected chi connectivity index (χ2v) is 6.16. The molecule has 2 N–H and O–H groups in total. The molecule has 1 amide bonds. The number of H-pyrrole nitrogens is 1. The van der Waals surface area contributed by atoms with Gasteiger partial charge in [0.05, 0.1) is 13.2 Å². The van der Waals surface area contributed by atoms with E-state index in [1.807, 2.05) is 19.9 Å². The molecule has 24 heavy (non-hydrogen) atoms. The number of hydrogen-bond donors (Lipinski definition) is 2. The summed E-state index contributed by atoms with van der Waals surface area (Å²) in [6, 6.07) is 5.39. The number of amides is 1. The first kappa shape index (κ1) is 16.4. The molecule has 7 nitrogen and oxygen atoms in total. The van der Waals surface area contributed by atoms with Crippen molar-refractivity contribution in [1.82, 2.24) is 20.5 Å². The number of ether oxygens (including phenoxy) is 2. The van der Waals surface area contributed by atoms with E-state index in [2.05, 4.69) is 20.5 Å². The van der Waals surface area contributed by atoms with Gasteiger partial charge in [-0.25, -0.2) is 4.98 Å². The Labute approximate surface area is 140 Å². The molecule has 0 saturated carbocycles. The Balaban J connectivity index is 1.69. The van der Waals surface area contributed by atoms with E-state index >= 15 is 0 Å². The predicted octanol–water partition coefficient (Wildman–Crippen LogP) is 2.20. The third kappa shape index (κ3) is 3.41. The summed E-state index contributed by atoms with van der Waals surface area (Å²) >= 11 is 0. The highest BCUT2D eigenvalue weighted by atomic mass is 16.5. The summed E-state index contributed by atoms with van der Waals surface area (Å²) in [4.78, 5) is 16.6. The zero-order valence-electron chi connectivity index (χ0n) is 14.1. The third-order valence-corrected chi connectivity index (χ3v) is 4.16. The number of aromatic nitrogens is 3. The predicted molar refractivity (Wildman–Crippen MR) is 88.0 cm³/mol. The summed E-state index contributed by atoms with van der Waals surface area (Å²) in [5.41, 5.74) is 2.26. The normalized spacial score (nSPS) is 20.3. The van der Waals surface area contributed by atoms with E-state index in [0.29, 0.717) is 24.1 Å². The fraction of sp³-hybridized carbons (Fsp3) is 0.471. The van der Waals surface area contributed by atoms with Crippen LogP contribution in [0.4, 0.5) is 0 Å². The summed E-state index contributed by atoms with van der Waals surface area (Å²) in [6.45, 7) is 4.69. The van der Waals surface area contributed by atoms with E-state index in [9.17, 15) is 4.79 Å². The minimum atomic E-state index is -0.212. The lowest BCUT2D eigenvalue weighted by Gasteiger charge is -2.19. The minimum Gasteiger partial charge on any atom is -0.481 e. The Bertz CT molecular complexity index is 696. The second kappa shape index (κ2) is 7.00. The number of rotatable bonds is 5. The number of pyridine rings is 1. The van der Waals surface area contributed by atoms with Crippen LogP contribution in [0.25, 0.3) is 0 Å². The van der Waals surface area contributed by atoms with Crippen molar-refractivity contribution >= 4 is 5.91 Å². The lowest BCUT2D eigenvalue weighted by atomic mass is 10.0. The van der Waals surface area contributed by atoms with Crippen LogP contribution in [0, 0.1) is 0 Å². The van der Waals surface area contributed by atoms with Gasteiger partial charge in [-0.1, -0.05) is 13.8 Å². The smallest absolute Gasteiger partial charge is 0.272 e. The Morgan fingerprint density at radius 3 is 2.92 bits per heavy atom. The standard InChI is InChI=1S/C17H22N4O3/c1-10(2)13-8-14(21-20-13)17(22)19-12-6-7-24-16(12)11-4-5-15(23-3)18-9-11/h4-5,8-10,12,16H,6-7H2,1-3H3,(H,19,22)(H,20,21)/t12-,16+/m0/s1. The third-order valence-electron chi connectivity index (χ3n) is 4.16. The number of carbonyl (C=O) groups excluding carboxylic acids is 1. The SMILES string of the molecule is COc1ccc([C@H]2OCC[C@@H]2NC(=O)c2cc(C(C)C)[nH]n2)cn1. The fourth-order valence-electron chi connectivity index (χ4n) is 2.74. The highest BCUT2D eigenvalue weighted by Crippen LogP contribution is 2.29. The maximum atomic E-state index is 12.4. The van der Waals surface area contributed by atoms with Crippen molar-refractivity contribution in [1.29, 1.82) is 0 Å². The largest absolute Gasteiger partial charge is 0.481 e. The van der Waals surface area contributed by atoms with E-state index in [1.165, 1.54) is 0 Å². The molecular weight excluding hydrogens is 308 g/mol. The van der Waals surface area contributed by atoms with Gasteiger partial charge in [-0.3, -0.25) is 9.89 Å². The average Bonchev–Trinajstić information content (AvgIpc) is 3.24. The van der Waals surface area contributed by atoms with E-state index in [4.69, 9.17) is 9.47 Å². The van der Waals surface area contributed by atoms with Crippen LogP contribution in [0.15, 0.2) is 24.4 Å². The molecule has 128 valence electrons. The van der Waals surface area contributed by atoms with Gasteiger partial charge in [0, 0.05) is 30.1 Å². The number of aromatic amines is 1. The van der Waals surface area contributed by atoms with Gasteiger partial charge >= 0.3 is 0 Å². The van der Waals surface area contributed by atoms with Crippen molar-refractivity contribution in [3.05, 3.63) is 41.3 Å². The van der Waals surface area contributed by atoms with Crippen molar-refractivity contribution in [3.8, 4) is 5.88 Å². The molecule has 0 bridgehead atoms. The molecule has 3 heterocycles. The van der Waals surface area contributed by atoms with Crippen molar-refractivity contribution in [2.24, 2.45) is 0 Å². The van der Waals surface area contributed by atoms with E-state index in [-0.39, 0.29) is 18.1 Å². The van der Waals surface area contributed by atoms with Crippen LogP contribution in [-0.2, 0) is 4.74 Å². The van der Waals surface area contributed by atoms with Crippen molar-refractivity contribution in [2.45, 2.75) is 38.3 Å². The van der Waals surface area contributed by atoms with Crippen LogP contribution in [-0.4, -0.2) is 40.8 Å². The molecule has 7 heteroatoms. The molecular formula is C17H22N4O3. The Kier molecular flexibility index (Phi) is 4.80. The molecule has 1 fully saturated rings. The van der Waals surface area contributed by atoms with Gasteiger partial charge in [-0.2, -0.15) is 5.10 Å². The number of carbonyl (C=O) groups is 1. The van der Waals surface area contributed by atoms with Crippen LogP contribution < -0.4 is 10.1 Å². The molecule has 0 radical (unpaired) electrons. The van der Waals surface area contributed by atoms with Crippen LogP contribution in [0.2, 0.25) is 0 Å². The number of hydrogen-bond acceptors (Lipinski definition) is 5. The first-order chi connectivity index (χ1) is 11.6. The molecule has 0 aliphatic carbocycles. The summed E-state index contributed by atoms with van der Waals surface area (Å²) in [7, 11) is 1.58. The van der Waals surface area contributed by atoms with Gasteiger partial charge < -0.3 is 14.8 Å². The maximum absolute atomic E-state index is 12.4. The highest BCUT2D eigenvalue weighted by molar-refractivity contribution is 5.92. The highest BCUT2D eigenvalue weighted by Gasteiger charge is 2.32. The summed E-state index contributed by atoms with van der Waals surface area (Å²) < 4.78 is 10.9. The molecule has 0 aromatic carbocycles. The van der Waals surface area contributed by atoms with Crippen LogP contribution in [0.3, 0.4) is 0 Å². The van der Waals surface area contributed by atoms with Crippen molar-refractivity contribution < 1.29 is 14.3 Å². The lowest BCUT2D eigenvalue weighted by Crippen LogP contribution is -2.37. The van der Waals surface area contributed by atoms with Gasteiger partial charge in [-0.15, -0.1) is 0 Å². The second-order valence-electron chi connectivity index (χ2n) is 6.16. The monoisotopic (exact) mass is 330 g/mol. The van der Waals surface area contributed by atoms with Gasteiger partial charge in [0.15, 0.2) is 0 Å². The van der Waals surface area contributed by atoms with E-state index in [0.717, 1.165) is 17.7 Å². The quantitative estimate of drug-likeness (QED) is 0.877. The molecule has 0 unspecified atom stereocenters. The minimum absolute atomic E-state index is 0.105. The van der Waals surface area contributed by atoms with Crippen LogP contribution in [0.1, 0.15) is 54.0 Å². The summed E-state index contributed by atoms with van der Waals surface area (Å²) in [5.74, 6) is 0.655. The molecule has 1 aliphatic heterocycles. The van der Waals surface area contributed by atoms with E-state index < -0.39 is 0 Å². The molecule has 1 aliphatic rings. The average molecular weight is 330 g/mol. The van der Waals surface area contributed by atoms with Gasteiger partial charge in [0.2, 0.25) is 5.88 Å². The molecule has 3 rings (SSSR count). The molecule has 0 spiro atoms. The number of nitrogens with zero attached hydrogens (tertiary/aromatic N) is 2. The fourth-order valence-corrected chi connectivity index (χ4v) is 2.74. The summed E-state index contributed by atoms with van der Waals surface area (Å²) in [5, 5.41) is 10.0. The molecule has 1 saturated heterocycles. The van der Waals surface area contributed by atoms with E-state index in [1.54, 1.807) is 25.4 Å². The van der Waals surface area contributed by atoms with Crippen LogP contribution in [0.5, 0.6) is 5.88 Å². The Morgan fingerprint density at radius 1 is 1.46 bits per heavy atom. The van der Waals surface area contributed by atoms with Crippen molar-refractivity contribution in [2.75, 3.05) is 13.7 Å². The first-order valence-corrected chi connectivity index (χ1v) is 8.06. The zero-order valence-corrected chi connectivity index (χ0v) is 14.1.